The van der Waals surface area contributed by atoms with Crippen LogP contribution in [0.4, 0.5) is 0 Å². The molecule has 20 heavy (non-hydrogen) atoms. The number of ether oxygens (including phenoxy) is 1. The van der Waals surface area contributed by atoms with Crippen LogP contribution in [-0.4, -0.2) is 11.0 Å². The first kappa shape index (κ1) is 12.2. The molecule has 3 rings (SSSR count). The lowest BCUT2D eigenvalue weighted by molar-refractivity contribution is -0.128. The van der Waals surface area contributed by atoms with Crippen LogP contribution in [0.15, 0.2) is 51.5 Å². The molecule has 1 aromatic carbocycles. The van der Waals surface area contributed by atoms with Crippen molar-refractivity contribution in [3.8, 4) is 5.75 Å². The first-order chi connectivity index (χ1) is 9.70. The van der Waals surface area contributed by atoms with E-state index in [9.17, 15) is 4.79 Å². The number of aryl methyl sites for hydroxylation is 1. The Labute approximate surface area is 114 Å². The van der Waals surface area contributed by atoms with E-state index in [1.807, 2.05) is 0 Å². The number of carbonyl (C=O) groups is 1. The summed E-state index contributed by atoms with van der Waals surface area (Å²) in [5.41, 5.74) is 1.32. The minimum absolute atomic E-state index is 0.405. The fourth-order valence-corrected chi connectivity index (χ4v) is 1.77. The van der Waals surface area contributed by atoms with E-state index < -0.39 is 5.97 Å². The summed E-state index contributed by atoms with van der Waals surface area (Å²) in [4.78, 5) is 15.8. The van der Waals surface area contributed by atoms with Gasteiger partial charge >= 0.3 is 5.97 Å². The van der Waals surface area contributed by atoms with E-state index in [0.717, 1.165) is 5.52 Å². The van der Waals surface area contributed by atoms with Crippen molar-refractivity contribution in [2.24, 2.45) is 0 Å². The van der Waals surface area contributed by atoms with Gasteiger partial charge in [0.2, 0.25) is 0 Å². The van der Waals surface area contributed by atoms with Crippen LogP contribution in [0.2, 0.25) is 0 Å². The highest BCUT2D eigenvalue weighted by molar-refractivity contribution is 5.88. The first-order valence-electron chi connectivity index (χ1n) is 6.01. The van der Waals surface area contributed by atoms with E-state index in [1.165, 1.54) is 12.3 Å². The van der Waals surface area contributed by atoms with Gasteiger partial charge in [0.15, 0.2) is 11.5 Å². The zero-order valence-corrected chi connectivity index (χ0v) is 10.7. The van der Waals surface area contributed by atoms with Crippen molar-refractivity contribution >= 4 is 23.1 Å². The molecular formula is C15H11NO4. The van der Waals surface area contributed by atoms with Crippen molar-refractivity contribution in [1.29, 1.82) is 0 Å². The largest absolute Gasteiger partial charge is 0.465 e. The van der Waals surface area contributed by atoms with Crippen LogP contribution in [0.25, 0.3) is 17.2 Å². The second-order valence-corrected chi connectivity index (χ2v) is 4.13. The van der Waals surface area contributed by atoms with Gasteiger partial charge in [-0.3, -0.25) is 0 Å². The van der Waals surface area contributed by atoms with Gasteiger partial charge in [0.05, 0.1) is 6.26 Å². The average molecular weight is 269 g/mol. The van der Waals surface area contributed by atoms with E-state index in [-0.39, 0.29) is 0 Å². The topological polar surface area (TPSA) is 65.5 Å². The molecule has 0 amide bonds. The highest BCUT2D eigenvalue weighted by Gasteiger charge is 2.06. The number of hydrogen-bond acceptors (Lipinski definition) is 5. The number of nitrogens with zero attached hydrogens (tertiary/aromatic N) is 1. The molecule has 0 fully saturated rings. The van der Waals surface area contributed by atoms with Crippen LogP contribution in [0.1, 0.15) is 11.7 Å². The number of fused-ring (bicyclic) bond motifs is 1. The first-order valence-corrected chi connectivity index (χ1v) is 6.01. The Morgan fingerprint density at radius 1 is 1.35 bits per heavy atom. The summed E-state index contributed by atoms with van der Waals surface area (Å²) in [5.74, 6) is 1.07. The molecular weight excluding hydrogens is 258 g/mol. The maximum absolute atomic E-state index is 11.7. The van der Waals surface area contributed by atoms with E-state index in [1.54, 1.807) is 43.3 Å². The SMILES string of the molecule is Cc1nc2ccc(OC(=O)/C=C/c3ccco3)cc2o1. The van der Waals surface area contributed by atoms with Crippen molar-refractivity contribution in [2.75, 3.05) is 0 Å². The van der Waals surface area contributed by atoms with Crippen molar-refractivity contribution in [3.05, 3.63) is 54.3 Å². The van der Waals surface area contributed by atoms with Gasteiger partial charge in [-0.1, -0.05) is 0 Å². The van der Waals surface area contributed by atoms with Crippen molar-refractivity contribution in [1.82, 2.24) is 4.98 Å². The minimum atomic E-state index is -0.489. The Morgan fingerprint density at radius 2 is 2.25 bits per heavy atom. The molecule has 0 bridgehead atoms. The molecule has 0 radical (unpaired) electrons. The second-order valence-electron chi connectivity index (χ2n) is 4.13. The summed E-state index contributed by atoms with van der Waals surface area (Å²) in [6.07, 6.45) is 4.37. The molecule has 0 spiro atoms. The number of aromatic nitrogens is 1. The fourth-order valence-electron chi connectivity index (χ4n) is 1.77. The summed E-state index contributed by atoms with van der Waals surface area (Å²) in [5, 5.41) is 0. The van der Waals surface area contributed by atoms with Gasteiger partial charge in [0, 0.05) is 19.1 Å². The van der Waals surface area contributed by atoms with E-state index in [4.69, 9.17) is 13.6 Å². The minimum Gasteiger partial charge on any atom is -0.465 e. The summed E-state index contributed by atoms with van der Waals surface area (Å²) in [6.45, 7) is 1.76. The fraction of sp³-hybridized carbons (Fsp3) is 0.0667. The number of hydrogen-bond donors (Lipinski definition) is 0. The van der Waals surface area contributed by atoms with Crippen LogP contribution >= 0.6 is 0 Å². The molecule has 0 saturated heterocycles. The lowest BCUT2D eigenvalue weighted by Gasteiger charge is -1.99. The molecule has 0 saturated carbocycles. The molecule has 100 valence electrons. The summed E-state index contributed by atoms with van der Waals surface area (Å²) < 4.78 is 15.6. The molecule has 0 N–H and O–H groups in total. The zero-order valence-electron chi connectivity index (χ0n) is 10.7. The highest BCUT2D eigenvalue weighted by Crippen LogP contribution is 2.21. The van der Waals surface area contributed by atoms with E-state index in [0.29, 0.717) is 23.0 Å². The maximum Gasteiger partial charge on any atom is 0.336 e. The summed E-state index contributed by atoms with van der Waals surface area (Å²) in [6, 6.07) is 8.53. The smallest absolute Gasteiger partial charge is 0.336 e. The number of rotatable bonds is 3. The average Bonchev–Trinajstić information content (AvgIpc) is 3.04. The number of oxazole rings is 1. The normalized spacial score (nSPS) is 11.2. The van der Waals surface area contributed by atoms with Gasteiger partial charge < -0.3 is 13.6 Å². The second kappa shape index (κ2) is 5.05. The molecule has 0 unspecified atom stereocenters. The van der Waals surface area contributed by atoms with E-state index >= 15 is 0 Å². The van der Waals surface area contributed by atoms with Crippen LogP contribution in [0, 0.1) is 6.92 Å². The molecule has 0 aliphatic carbocycles. The van der Waals surface area contributed by atoms with Crippen molar-refractivity contribution < 1.29 is 18.4 Å². The van der Waals surface area contributed by atoms with Gasteiger partial charge in [-0.2, -0.15) is 0 Å². The number of esters is 1. The lowest BCUT2D eigenvalue weighted by atomic mass is 10.3. The number of benzene rings is 1. The zero-order chi connectivity index (χ0) is 13.9. The van der Waals surface area contributed by atoms with Gasteiger partial charge in [-0.25, -0.2) is 9.78 Å². The molecule has 0 aliphatic rings. The monoisotopic (exact) mass is 269 g/mol. The number of furan rings is 1. The lowest BCUT2D eigenvalue weighted by Crippen LogP contribution is -2.03. The third kappa shape index (κ3) is 2.61. The van der Waals surface area contributed by atoms with Gasteiger partial charge in [-0.05, 0) is 30.3 Å². The summed E-state index contributed by atoms with van der Waals surface area (Å²) >= 11 is 0. The molecule has 0 atom stereocenters. The molecule has 3 aromatic rings. The molecule has 5 heteroatoms. The third-order valence-electron chi connectivity index (χ3n) is 2.61. The van der Waals surface area contributed by atoms with Crippen molar-refractivity contribution in [2.45, 2.75) is 6.92 Å². The van der Waals surface area contributed by atoms with Gasteiger partial charge in [-0.15, -0.1) is 0 Å². The third-order valence-corrected chi connectivity index (χ3v) is 2.61. The Hall–Kier alpha value is -2.82. The van der Waals surface area contributed by atoms with E-state index in [2.05, 4.69) is 4.98 Å². The van der Waals surface area contributed by atoms with Crippen LogP contribution < -0.4 is 4.74 Å². The predicted octanol–water partition coefficient (Wildman–Crippen LogP) is 3.35. The quantitative estimate of drug-likeness (QED) is 0.414. The Bertz CT molecular complexity index is 768. The molecule has 2 aromatic heterocycles. The Balaban J connectivity index is 1.73. The standard InChI is InChI=1S/C15H11NO4/c1-10-16-13-6-4-12(9-14(13)19-10)20-15(17)7-5-11-3-2-8-18-11/h2-9H,1H3/b7-5+. The Morgan fingerprint density at radius 3 is 3.05 bits per heavy atom. The predicted molar refractivity (Wildman–Crippen MR) is 72.1 cm³/mol. The highest BCUT2D eigenvalue weighted by atomic mass is 16.5. The van der Waals surface area contributed by atoms with Crippen LogP contribution in [-0.2, 0) is 4.79 Å². The Kier molecular flexibility index (Phi) is 3.09. The molecule has 2 heterocycles. The maximum atomic E-state index is 11.7. The van der Waals surface area contributed by atoms with Crippen LogP contribution in [0.3, 0.4) is 0 Å². The van der Waals surface area contributed by atoms with Crippen LogP contribution in [0.5, 0.6) is 5.75 Å². The van der Waals surface area contributed by atoms with Gasteiger partial charge in [0.1, 0.15) is 17.0 Å². The summed E-state index contributed by atoms with van der Waals surface area (Å²) in [7, 11) is 0. The van der Waals surface area contributed by atoms with Gasteiger partial charge in [0.25, 0.3) is 0 Å². The molecule has 5 nitrogen and oxygen atoms in total. The molecule has 0 aliphatic heterocycles. The van der Waals surface area contributed by atoms with Crippen molar-refractivity contribution in [3.63, 3.8) is 0 Å². The number of carbonyl (C=O) groups excluding carboxylic acids is 1.